The molecular formula is C10H19N3O2S. The molecule has 92 valence electrons. The van der Waals surface area contributed by atoms with E-state index < -0.39 is 0 Å². The van der Waals surface area contributed by atoms with Gasteiger partial charge in [-0.15, -0.1) is 0 Å². The molecule has 0 saturated carbocycles. The van der Waals surface area contributed by atoms with Crippen molar-refractivity contribution in [2.75, 3.05) is 32.6 Å². The maximum absolute atomic E-state index is 11.3. The lowest BCUT2D eigenvalue weighted by Gasteiger charge is -2.05. The summed E-state index contributed by atoms with van der Waals surface area (Å²) in [7, 11) is 1.61. The molecule has 1 fully saturated rings. The van der Waals surface area contributed by atoms with E-state index in [2.05, 4.69) is 22.5 Å². The largest absolute Gasteiger partial charge is 0.383 e. The second kappa shape index (κ2) is 7.51. The summed E-state index contributed by atoms with van der Waals surface area (Å²) in [6.07, 6.45) is 1.09. The first-order valence-corrected chi connectivity index (χ1v) is 6.44. The molecule has 1 rings (SSSR count). The molecule has 1 atom stereocenters. The van der Waals surface area contributed by atoms with E-state index in [1.54, 1.807) is 18.9 Å². The van der Waals surface area contributed by atoms with Gasteiger partial charge in [-0.2, -0.15) is 0 Å². The summed E-state index contributed by atoms with van der Waals surface area (Å²) in [6.45, 7) is 3.40. The number of hydrogen-bond donors (Lipinski definition) is 2. The molecule has 1 heterocycles. The first-order valence-electron chi connectivity index (χ1n) is 5.45. The number of methoxy groups -OCH3 is 1. The fraction of sp³-hybridized carbons (Fsp3) is 0.800. The zero-order valence-electron chi connectivity index (χ0n) is 9.78. The Morgan fingerprint density at radius 2 is 2.56 bits per heavy atom. The second-order valence-electron chi connectivity index (χ2n) is 3.52. The number of rotatable bonds is 6. The lowest BCUT2D eigenvalue weighted by Crippen LogP contribution is -2.30. The topological polar surface area (TPSA) is 62.7 Å². The van der Waals surface area contributed by atoms with E-state index in [-0.39, 0.29) is 12.5 Å². The quantitative estimate of drug-likeness (QED) is 0.657. The Kier molecular flexibility index (Phi) is 6.25. The van der Waals surface area contributed by atoms with Crippen molar-refractivity contribution in [2.45, 2.75) is 19.4 Å². The van der Waals surface area contributed by atoms with Crippen LogP contribution in [0.5, 0.6) is 0 Å². The van der Waals surface area contributed by atoms with E-state index in [0.29, 0.717) is 19.2 Å². The lowest BCUT2D eigenvalue weighted by atomic mass is 10.3. The van der Waals surface area contributed by atoms with Gasteiger partial charge in [0.15, 0.2) is 5.17 Å². The van der Waals surface area contributed by atoms with Gasteiger partial charge in [-0.25, -0.2) is 0 Å². The number of ether oxygens (including phenoxy) is 1. The number of aliphatic imine (C=N–C) groups is 1. The van der Waals surface area contributed by atoms with Crippen molar-refractivity contribution in [2.24, 2.45) is 4.99 Å². The highest BCUT2D eigenvalue weighted by Crippen LogP contribution is 2.15. The van der Waals surface area contributed by atoms with E-state index in [4.69, 9.17) is 4.74 Å². The summed E-state index contributed by atoms with van der Waals surface area (Å²) >= 11 is 1.68. The first kappa shape index (κ1) is 13.3. The van der Waals surface area contributed by atoms with Crippen LogP contribution in [-0.4, -0.2) is 49.7 Å². The molecule has 1 saturated heterocycles. The number of amidine groups is 1. The van der Waals surface area contributed by atoms with Crippen molar-refractivity contribution < 1.29 is 9.53 Å². The van der Waals surface area contributed by atoms with Crippen molar-refractivity contribution in [3.63, 3.8) is 0 Å². The molecule has 0 radical (unpaired) electrons. The minimum Gasteiger partial charge on any atom is -0.383 e. The van der Waals surface area contributed by atoms with Crippen LogP contribution in [0.3, 0.4) is 0 Å². The number of amides is 1. The molecule has 1 amide bonds. The monoisotopic (exact) mass is 245 g/mol. The molecule has 16 heavy (non-hydrogen) atoms. The molecule has 2 N–H and O–H groups in total. The van der Waals surface area contributed by atoms with Gasteiger partial charge >= 0.3 is 0 Å². The minimum atomic E-state index is -0.0631. The molecule has 1 aliphatic rings. The van der Waals surface area contributed by atoms with Crippen LogP contribution >= 0.6 is 11.8 Å². The summed E-state index contributed by atoms with van der Waals surface area (Å²) in [5.41, 5.74) is 0. The highest BCUT2D eigenvalue weighted by molar-refractivity contribution is 8.14. The van der Waals surface area contributed by atoms with Crippen molar-refractivity contribution in [3.8, 4) is 0 Å². The van der Waals surface area contributed by atoms with Crippen molar-refractivity contribution in [3.05, 3.63) is 0 Å². The van der Waals surface area contributed by atoms with Gasteiger partial charge in [0.25, 0.3) is 0 Å². The fourth-order valence-corrected chi connectivity index (χ4v) is 2.32. The highest BCUT2D eigenvalue weighted by Gasteiger charge is 2.17. The standard InChI is InChI=1S/C10H19N3O2S/c1-3-8-7-16-10(13-8)12-6-9(14)11-4-5-15-2/h8H,3-7H2,1-2H3,(H,11,14)(H,12,13). The van der Waals surface area contributed by atoms with Gasteiger partial charge in [-0.05, 0) is 6.42 Å². The van der Waals surface area contributed by atoms with Crippen LogP contribution in [0.4, 0.5) is 0 Å². The van der Waals surface area contributed by atoms with E-state index in [1.807, 2.05) is 0 Å². The minimum absolute atomic E-state index is 0.0631. The maximum Gasteiger partial charge on any atom is 0.241 e. The molecule has 0 aromatic heterocycles. The molecule has 1 aliphatic heterocycles. The first-order chi connectivity index (χ1) is 7.76. The van der Waals surface area contributed by atoms with Gasteiger partial charge in [0.1, 0.15) is 6.54 Å². The van der Waals surface area contributed by atoms with E-state index in [0.717, 1.165) is 17.3 Å². The van der Waals surface area contributed by atoms with Gasteiger partial charge in [-0.3, -0.25) is 9.79 Å². The molecule has 0 aromatic rings. The van der Waals surface area contributed by atoms with Crippen molar-refractivity contribution in [1.29, 1.82) is 0 Å². The smallest absolute Gasteiger partial charge is 0.241 e. The summed E-state index contributed by atoms with van der Waals surface area (Å²) in [4.78, 5) is 15.5. The van der Waals surface area contributed by atoms with Crippen LogP contribution in [0.15, 0.2) is 4.99 Å². The summed E-state index contributed by atoms with van der Waals surface area (Å²) in [5, 5.41) is 6.88. The van der Waals surface area contributed by atoms with Crippen molar-refractivity contribution in [1.82, 2.24) is 10.6 Å². The Hall–Kier alpha value is -0.750. The van der Waals surface area contributed by atoms with Crippen LogP contribution in [0, 0.1) is 0 Å². The molecule has 0 aromatic carbocycles. The highest BCUT2D eigenvalue weighted by atomic mass is 32.2. The molecule has 0 aliphatic carbocycles. The Bertz CT molecular complexity index is 258. The summed E-state index contributed by atoms with van der Waals surface area (Å²) < 4.78 is 4.83. The molecular weight excluding hydrogens is 226 g/mol. The van der Waals surface area contributed by atoms with Gasteiger partial charge < -0.3 is 15.4 Å². The molecule has 1 unspecified atom stereocenters. The van der Waals surface area contributed by atoms with Gasteiger partial charge in [0.2, 0.25) is 5.91 Å². The predicted molar refractivity (Wildman–Crippen MR) is 66.9 cm³/mol. The zero-order chi connectivity index (χ0) is 11.8. The normalized spacial score (nSPS) is 22.1. The number of carbonyl (C=O) groups excluding carboxylic acids is 1. The molecule has 5 nitrogen and oxygen atoms in total. The number of nitrogens with zero attached hydrogens (tertiary/aromatic N) is 1. The predicted octanol–water partition coefficient (Wildman–Crippen LogP) is 0.220. The van der Waals surface area contributed by atoms with Crippen molar-refractivity contribution >= 4 is 22.8 Å². The Balaban J connectivity index is 2.18. The molecule has 6 heteroatoms. The third kappa shape index (κ3) is 4.85. The fourth-order valence-electron chi connectivity index (χ4n) is 1.24. The molecule has 0 spiro atoms. The third-order valence-corrected chi connectivity index (χ3v) is 3.33. The summed E-state index contributed by atoms with van der Waals surface area (Å²) in [5.74, 6) is 0.979. The number of hydrogen-bond acceptors (Lipinski definition) is 4. The number of thioether (sulfide) groups is 1. The van der Waals surface area contributed by atoms with Crippen LogP contribution in [0.1, 0.15) is 13.3 Å². The van der Waals surface area contributed by atoms with E-state index in [1.165, 1.54) is 0 Å². The van der Waals surface area contributed by atoms with Crippen LogP contribution < -0.4 is 10.6 Å². The van der Waals surface area contributed by atoms with Gasteiger partial charge in [0, 0.05) is 25.4 Å². The Morgan fingerprint density at radius 1 is 1.75 bits per heavy atom. The maximum atomic E-state index is 11.3. The number of carbonyl (C=O) groups is 1. The second-order valence-corrected chi connectivity index (χ2v) is 4.53. The van der Waals surface area contributed by atoms with Crippen LogP contribution in [-0.2, 0) is 9.53 Å². The van der Waals surface area contributed by atoms with E-state index in [9.17, 15) is 4.79 Å². The van der Waals surface area contributed by atoms with Gasteiger partial charge in [0.05, 0.1) is 6.61 Å². The van der Waals surface area contributed by atoms with Crippen LogP contribution in [0.25, 0.3) is 0 Å². The third-order valence-electron chi connectivity index (χ3n) is 2.24. The van der Waals surface area contributed by atoms with Gasteiger partial charge in [-0.1, -0.05) is 18.7 Å². The van der Waals surface area contributed by atoms with Crippen LogP contribution in [0.2, 0.25) is 0 Å². The zero-order valence-corrected chi connectivity index (χ0v) is 10.6. The van der Waals surface area contributed by atoms with E-state index >= 15 is 0 Å². The Labute approximate surface area is 100 Å². The Morgan fingerprint density at radius 3 is 3.19 bits per heavy atom. The summed E-state index contributed by atoms with van der Waals surface area (Å²) in [6, 6.07) is 0.500. The number of nitrogens with one attached hydrogen (secondary N) is 2. The lowest BCUT2D eigenvalue weighted by molar-refractivity contribution is -0.119. The SMILES string of the molecule is CCC1CSC(=NCC(=O)NCCOC)N1. The average Bonchev–Trinajstić information content (AvgIpc) is 2.74. The molecule has 0 bridgehead atoms. The average molecular weight is 245 g/mol.